The standard InChI is InChI=1S/C23H28N4OS/c1-26-16-7-6-10-19(26)15-17-29-23-25-24-22(18-8-4-3-5-9-18)27(23)20-11-13-21(28-2)14-12-20/h3-5,8-9,11-14,19H,6-7,10,15-17H2,1-2H3. The minimum Gasteiger partial charge on any atom is -0.497 e. The van der Waals surface area contributed by atoms with Crippen molar-refractivity contribution in [1.29, 1.82) is 0 Å². The predicted octanol–water partition coefficient (Wildman–Crippen LogP) is 4.91. The van der Waals surface area contributed by atoms with Crippen molar-refractivity contribution in [2.45, 2.75) is 36.9 Å². The van der Waals surface area contributed by atoms with Crippen LogP contribution in [0.5, 0.6) is 5.75 Å². The van der Waals surface area contributed by atoms with Gasteiger partial charge in [0.25, 0.3) is 0 Å². The number of hydrogen-bond acceptors (Lipinski definition) is 5. The summed E-state index contributed by atoms with van der Waals surface area (Å²) in [4.78, 5) is 2.51. The number of rotatable bonds is 7. The number of piperidine rings is 1. The van der Waals surface area contributed by atoms with Gasteiger partial charge in [0.15, 0.2) is 11.0 Å². The fraction of sp³-hybridized carbons (Fsp3) is 0.391. The van der Waals surface area contributed by atoms with Crippen LogP contribution in [0.1, 0.15) is 25.7 Å². The highest BCUT2D eigenvalue weighted by atomic mass is 32.2. The van der Waals surface area contributed by atoms with E-state index >= 15 is 0 Å². The van der Waals surface area contributed by atoms with E-state index in [9.17, 15) is 0 Å². The van der Waals surface area contributed by atoms with Crippen molar-refractivity contribution in [3.63, 3.8) is 0 Å². The van der Waals surface area contributed by atoms with E-state index in [1.165, 1.54) is 32.2 Å². The third kappa shape index (κ3) is 4.65. The van der Waals surface area contributed by atoms with Crippen LogP contribution in [0.3, 0.4) is 0 Å². The van der Waals surface area contributed by atoms with E-state index in [0.717, 1.165) is 33.7 Å². The molecule has 0 N–H and O–H groups in total. The number of likely N-dealkylation sites (tertiary alicyclic amines) is 1. The van der Waals surface area contributed by atoms with E-state index in [1.54, 1.807) is 18.9 Å². The highest BCUT2D eigenvalue weighted by molar-refractivity contribution is 7.99. The second-order valence-corrected chi connectivity index (χ2v) is 8.54. The first-order valence-electron chi connectivity index (χ1n) is 10.2. The van der Waals surface area contributed by atoms with Gasteiger partial charge in [-0.05, 0) is 57.1 Å². The molecular weight excluding hydrogens is 380 g/mol. The molecule has 29 heavy (non-hydrogen) atoms. The van der Waals surface area contributed by atoms with Crippen LogP contribution < -0.4 is 4.74 Å². The molecule has 1 aromatic heterocycles. The van der Waals surface area contributed by atoms with Gasteiger partial charge < -0.3 is 9.64 Å². The zero-order chi connectivity index (χ0) is 20.1. The number of ether oxygens (including phenoxy) is 1. The van der Waals surface area contributed by atoms with Crippen molar-refractivity contribution in [3.8, 4) is 22.8 Å². The molecule has 152 valence electrons. The van der Waals surface area contributed by atoms with E-state index in [1.807, 2.05) is 30.3 Å². The first-order chi connectivity index (χ1) is 14.3. The summed E-state index contributed by atoms with van der Waals surface area (Å²) in [6.45, 7) is 1.22. The number of hydrogen-bond donors (Lipinski definition) is 0. The third-order valence-electron chi connectivity index (χ3n) is 5.60. The maximum absolute atomic E-state index is 5.32. The molecule has 1 aliphatic rings. The van der Waals surface area contributed by atoms with Crippen LogP contribution in [-0.4, -0.2) is 52.2 Å². The molecule has 1 fully saturated rings. The molecule has 5 nitrogen and oxygen atoms in total. The molecule has 4 rings (SSSR count). The quantitative estimate of drug-likeness (QED) is 0.520. The lowest BCUT2D eigenvalue weighted by molar-refractivity contribution is 0.182. The predicted molar refractivity (Wildman–Crippen MR) is 119 cm³/mol. The molecular formula is C23H28N4OS. The molecule has 0 saturated carbocycles. The summed E-state index contributed by atoms with van der Waals surface area (Å²) in [6.07, 6.45) is 5.15. The first-order valence-corrected chi connectivity index (χ1v) is 11.2. The average molecular weight is 409 g/mol. The lowest BCUT2D eigenvalue weighted by Crippen LogP contribution is -2.36. The van der Waals surface area contributed by atoms with E-state index in [0.29, 0.717) is 6.04 Å². The molecule has 1 atom stereocenters. The highest BCUT2D eigenvalue weighted by Gasteiger charge is 2.20. The van der Waals surface area contributed by atoms with Gasteiger partial charge in [-0.3, -0.25) is 4.57 Å². The SMILES string of the molecule is COc1ccc(-n2c(SCCC3CCCCN3C)nnc2-c2ccccc2)cc1. The Labute approximate surface area is 177 Å². The second-order valence-electron chi connectivity index (χ2n) is 7.47. The fourth-order valence-electron chi connectivity index (χ4n) is 3.90. The number of thioether (sulfide) groups is 1. The fourth-order valence-corrected chi connectivity index (χ4v) is 4.89. The van der Waals surface area contributed by atoms with Crippen molar-refractivity contribution < 1.29 is 4.74 Å². The van der Waals surface area contributed by atoms with Crippen LogP contribution in [0, 0.1) is 0 Å². The topological polar surface area (TPSA) is 43.2 Å². The smallest absolute Gasteiger partial charge is 0.196 e. The van der Waals surface area contributed by atoms with Crippen LogP contribution >= 0.6 is 11.8 Å². The largest absolute Gasteiger partial charge is 0.497 e. The monoisotopic (exact) mass is 408 g/mol. The maximum Gasteiger partial charge on any atom is 0.196 e. The molecule has 3 aromatic rings. The van der Waals surface area contributed by atoms with E-state index in [2.05, 4.69) is 51.0 Å². The summed E-state index contributed by atoms with van der Waals surface area (Å²) in [5.41, 5.74) is 2.11. The Kier molecular flexibility index (Phi) is 6.52. The zero-order valence-electron chi connectivity index (χ0n) is 17.1. The summed E-state index contributed by atoms with van der Waals surface area (Å²) in [5.74, 6) is 2.75. The Morgan fingerprint density at radius 1 is 1.03 bits per heavy atom. The Morgan fingerprint density at radius 3 is 2.55 bits per heavy atom. The summed E-state index contributed by atoms with van der Waals surface area (Å²) < 4.78 is 7.48. The van der Waals surface area contributed by atoms with E-state index in [-0.39, 0.29) is 0 Å². The zero-order valence-corrected chi connectivity index (χ0v) is 17.9. The molecule has 0 spiro atoms. The molecule has 1 saturated heterocycles. The van der Waals surface area contributed by atoms with Crippen LogP contribution in [-0.2, 0) is 0 Å². The lowest BCUT2D eigenvalue weighted by Gasteiger charge is -2.32. The van der Waals surface area contributed by atoms with Gasteiger partial charge in [0.05, 0.1) is 7.11 Å². The summed E-state index contributed by atoms with van der Waals surface area (Å²) in [7, 11) is 3.94. The van der Waals surface area contributed by atoms with Gasteiger partial charge in [0, 0.05) is 23.0 Å². The molecule has 0 amide bonds. The van der Waals surface area contributed by atoms with Crippen molar-refractivity contribution in [2.75, 3.05) is 26.5 Å². The number of nitrogens with zero attached hydrogens (tertiary/aromatic N) is 4. The van der Waals surface area contributed by atoms with Gasteiger partial charge >= 0.3 is 0 Å². The average Bonchev–Trinajstić information content (AvgIpc) is 3.19. The Balaban J connectivity index is 1.58. The van der Waals surface area contributed by atoms with Gasteiger partial charge in [-0.1, -0.05) is 48.5 Å². The van der Waals surface area contributed by atoms with Gasteiger partial charge in [0.2, 0.25) is 0 Å². The van der Waals surface area contributed by atoms with Crippen molar-refractivity contribution in [2.24, 2.45) is 0 Å². The summed E-state index contributed by atoms with van der Waals surface area (Å²) in [5, 5.41) is 10.0. The number of aromatic nitrogens is 3. The van der Waals surface area contributed by atoms with Crippen molar-refractivity contribution in [1.82, 2.24) is 19.7 Å². The molecule has 2 heterocycles. The second kappa shape index (κ2) is 9.46. The molecule has 6 heteroatoms. The van der Waals surface area contributed by atoms with Crippen LogP contribution in [0.2, 0.25) is 0 Å². The summed E-state index contributed by atoms with van der Waals surface area (Å²) in [6, 6.07) is 19.0. The maximum atomic E-state index is 5.32. The van der Waals surface area contributed by atoms with E-state index < -0.39 is 0 Å². The van der Waals surface area contributed by atoms with Gasteiger partial charge in [-0.2, -0.15) is 0 Å². The molecule has 0 radical (unpaired) electrons. The number of methoxy groups -OCH3 is 1. The van der Waals surface area contributed by atoms with Crippen molar-refractivity contribution >= 4 is 11.8 Å². The van der Waals surface area contributed by atoms with Crippen LogP contribution in [0.4, 0.5) is 0 Å². The minimum absolute atomic E-state index is 0.683. The first kappa shape index (κ1) is 20.0. The Bertz CT molecular complexity index is 910. The number of benzene rings is 2. The van der Waals surface area contributed by atoms with Crippen LogP contribution in [0.15, 0.2) is 59.8 Å². The van der Waals surface area contributed by atoms with Crippen LogP contribution in [0.25, 0.3) is 17.1 Å². The van der Waals surface area contributed by atoms with Crippen molar-refractivity contribution in [3.05, 3.63) is 54.6 Å². The molecule has 0 bridgehead atoms. The lowest BCUT2D eigenvalue weighted by atomic mass is 10.0. The minimum atomic E-state index is 0.683. The molecule has 1 unspecified atom stereocenters. The summed E-state index contributed by atoms with van der Waals surface area (Å²) >= 11 is 1.79. The Morgan fingerprint density at radius 2 is 1.83 bits per heavy atom. The molecule has 0 aliphatic carbocycles. The molecule has 1 aliphatic heterocycles. The third-order valence-corrected chi connectivity index (χ3v) is 6.56. The van der Waals surface area contributed by atoms with Gasteiger partial charge in [-0.25, -0.2) is 0 Å². The molecule has 2 aromatic carbocycles. The van der Waals surface area contributed by atoms with E-state index in [4.69, 9.17) is 4.74 Å². The normalized spacial score (nSPS) is 17.4. The Hall–Kier alpha value is -2.31. The van der Waals surface area contributed by atoms with Gasteiger partial charge in [-0.15, -0.1) is 10.2 Å². The van der Waals surface area contributed by atoms with Gasteiger partial charge in [0.1, 0.15) is 5.75 Å². The highest BCUT2D eigenvalue weighted by Crippen LogP contribution is 2.30.